The minimum absolute atomic E-state index is 0.00634. The van der Waals surface area contributed by atoms with E-state index >= 15 is 0 Å². The monoisotopic (exact) mass is 259 g/mol. The van der Waals surface area contributed by atoms with Crippen molar-refractivity contribution in [3.05, 3.63) is 0 Å². The van der Waals surface area contributed by atoms with Gasteiger partial charge in [-0.15, -0.1) is 0 Å². The van der Waals surface area contributed by atoms with Gasteiger partial charge in [0.05, 0.1) is 0 Å². The summed E-state index contributed by atoms with van der Waals surface area (Å²) in [4.78, 5) is 22.3. The normalized spacial score (nSPS) is 14.9. The van der Waals surface area contributed by atoms with Crippen LogP contribution in [0.25, 0.3) is 0 Å². The van der Waals surface area contributed by atoms with Gasteiger partial charge in [-0.25, -0.2) is 0 Å². The highest BCUT2D eigenvalue weighted by atomic mass is 16.4. The Morgan fingerprint density at radius 2 is 1.78 bits per heavy atom. The average Bonchev–Trinajstić information content (AvgIpc) is 2.13. The molecule has 2 atom stereocenters. The zero-order chi connectivity index (χ0) is 14.3. The molecule has 2 unspecified atom stereocenters. The summed E-state index contributed by atoms with van der Waals surface area (Å²) in [6, 6.07) is -0.105. The van der Waals surface area contributed by atoms with Crippen LogP contribution in [-0.2, 0) is 9.59 Å². The molecule has 5 nitrogen and oxygen atoms in total. The number of aliphatic carboxylic acids is 1. The molecule has 0 aliphatic rings. The molecule has 0 aliphatic carbocycles. The van der Waals surface area contributed by atoms with Crippen molar-refractivity contribution in [1.29, 1.82) is 0 Å². The zero-order valence-electron chi connectivity index (χ0n) is 11.7. The van der Waals surface area contributed by atoms with E-state index in [0.717, 1.165) is 0 Å². The van der Waals surface area contributed by atoms with Crippen molar-refractivity contribution in [3.8, 4) is 0 Å². The van der Waals surface area contributed by atoms with Gasteiger partial charge in [-0.2, -0.15) is 0 Å². The van der Waals surface area contributed by atoms with Gasteiger partial charge in [0, 0.05) is 25.5 Å². The van der Waals surface area contributed by atoms with Gasteiger partial charge < -0.3 is 15.5 Å². The highest BCUT2D eigenvalue weighted by Gasteiger charge is 2.26. The number of hydrogen-bond acceptors (Lipinski definition) is 3. The summed E-state index contributed by atoms with van der Waals surface area (Å²) < 4.78 is 0. The van der Waals surface area contributed by atoms with Crippen molar-refractivity contribution >= 4 is 11.9 Å². The van der Waals surface area contributed by atoms with Gasteiger partial charge in [0.2, 0.25) is 5.91 Å². The molecule has 0 rings (SSSR count). The van der Waals surface area contributed by atoms with Crippen molar-refractivity contribution in [2.75, 3.05) is 6.61 Å². The molecular formula is C13H25NO4. The molecule has 0 spiro atoms. The number of carboxylic acids is 1. The fourth-order valence-electron chi connectivity index (χ4n) is 1.79. The molecule has 0 saturated heterocycles. The van der Waals surface area contributed by atoms with Crippen LogP contribution in [0.2, 0.25) is 0 Å². The third-order valence-corrected chi connectivity index (χ3v) is 2.86. The molecule has 0 bridgehead atoms. The SMILES string of the molecule is CC(CC(=O)O)CC(=O)NC(CCO)C(C)(C)C. The Labute approximate surface area is 109 Å². The van der Waals surface area contributed by atoms with Crippen LogP contribution in [0, 0.1) is 11.3 Å². The molecule has 3 N–H and O–H groups in total. The van der Waals surface area contributed by atoms with E-state index in [4.69, 9.17) is 10.2 Å². The zero-order valence-corrected chi connectivity index (χ0v) is 11.7. The first-order chi connectivity index (χ1) is 8.16. The molecule has 5 heteroatoms. The largest absolute Gasteiger partial charge is 0.481 e. The van der Waals surface area contributed by atoms with E-state index in [-0.39, 0.29) is 42.7 Å². The maximum absolute atomic E-state index is 11.8. The summed E-state index contributed by atoms with van der Waals surface area (Å²) >= 11 is 0. The van der Waals surface area contributed by atoms with Crippen LogP contribution < -0.4 is 5.32 Å². The Morgan fingerprint density at radius 3 is 2.17 bits per heavy atom. The topological polar surface area (TPSA) is 86.6 Å². The fourth-order valence-corrected chi connectivity index (χ4v) is 1.79. The smallest absolute Gasteiger partial charge is 0.303 e. The van der Waals surface area contributed by atoms with E-state index in [0.29, 0.717) is 6.42 Å². The molecule has 106 valence electrons. The molecule has 0 heterocycles. The lowest BCUT2D eigenvalue weighted by atomic mass is 9.84. The van der Waals surface area contributed by atoms with Crippen LogP contribution in [0.1, 0.15) is 47.0 Å². The van der Waals surface area contributed by atoms with E-state index in [2.05, 4.69) is 5.32 Å². The molecule has 18 heavy (non-hydrogen) atoms. The molecular weight excluding hydrogens is 234 g/mol. The Morgan fingerprint density at radius 1 is 1.22 bits per heavy atom. The highest BCUT2D eigenvalue weighted by molar-refractivity contribution is 5.77. The molecule has 0 aliphatic heterocycles. The second kappa shape index (κ2) is 7.36. The number of carbonyl (C=O) groups excluding carboxylic acids is 1. The molecule has 0 aromatic rings. The number of nitrogens with one attached hydrogen (secondary N) is 1. The lowest BCUT2D eigenvalue weighted by Gasteiger charge is -2.31. The summed E-state index contributed by atoms with van der Waals surface area (Å²) in [7, 11) is 0. The summed E-state index contributed by atoms with van der Waals surface area (Å²) in [5.74, 6) is -1.23. The number of rotatable bonds is 7. The number of hydrogen-bond donors (Lipinski definition) is 3. The van der Waals surface area contributed by atoms with Crippen molar-refractivity contribution in [2.24, 2.45) is 11.3 Å². The quantitative estimate of drug-likeness (QED) is 0.645. The first kappa shape index (κ1) is 16.9. The summed E-state index contributed by atoms with van der Waals surface area (Å²) in [5.41, 5.74) is -0.131. The van der Waals surface area contributed by atoms with Crippen LogP contribution in [0.15, 0.2) is 0 Å². The van der Waals surface area contributed by atoms with Gasteiger partial charge in [0.15, 0.2) is 0 Å². The molecule has 1 amide bonds. The number of carbonyl (C=O) groups is 2. The predicted molar refractivity (Wildman–Crippen MR) is 69.1 cm³/mol. The lowest BCUT2D eigenvalue weighted by Crippen LogP contribution is -2.44. The van der Waals surface area contributed by atoms with Gasteiger partial charge in [-0.1, -0.05) is 27.7 Å². The average molecular weight is 259 g/mol. The third-order valence-electron chi connectivity index (χ3n) is 2.86. The van der Waals surface area contributed by atoms with Crippen LogP contribution >= 0.6 is 0 Å². The first-order valence-electron chi connectivity index (χ1n) is 6.28. The summed E-state index contributed by atoms with van der Waals surface area (Å²) in [6.45, 7) is 7.75. The van der Waals surface area contributed by atoms with Crippen molar-refractivity contribution in [3.63, 3.8) is 0 Å². The van der Waals surface area contributed by atoms with E-state index in [1.54, 1.807) is 6.92 Å². The van der Waals surface area contributed by atoms with Gasteiger partial charge in [0.25, 0.3) is 0 Å². The van der Waals surface area contributed by atoms with Gasteiger partial charge >= 0.3 is 5.97 Å². The first-order valence-corrected chi connectivity index (χ1v) is 6.28. The Kier molecular flexibility index (Phi) is 6.91. The number of aliphatic hydroxyl groups is 1. The molecule has 0 fully saturated rings. The lowest BCUT2D eigenvalue weighted by molar-refractivity contribution is -0.138. The van der Waals surface area contributed by atoms with E-state index in [9.17, 15) is 9.59 Å². The summed E-state index contributed by atoms with van der Waals surface area (Å²) in [6.07, 6.45) is 0.695. The van der Waals surface area contributed by atoms with Crippen LogP contribution in [0.5, 0.6) is 0 Å². The number of aliphatic hydroxyl groups excluding tert-OH is 1. The van der Waals surface area contributed by atoms with Gasteiger partial charge in [0.1, 0.15) is 0 Å². The van der Waals surface area contributed by atoms with Crippen LogP contribution in [0.3, 0.4) is 0 Å². The maximum Gasteiger partial charge on any atom is 0.303 e. The van der Waals surface area contributed by atoms with Crippen molar-refractivity contribution in [1.82, 2.24) is 5.32 Å². The predicted octanol–water partition coefficient (Wildman–Crippen LogP) is 1.40. The minimum atomic E-state index is -0.891. The van der Waals surface area contributed by atoms with Crippen LogP contribution in [-0.4, -0.2) is 34.7 Å². The Bertz CT molecular complexity index is 283. The highest BCUT2D eigenvalue weighted by Crippen LogP contribution is 2.22. The fraction of sp³-hybridized carbons (Fsp3) is 0.846. The van der Waals surface area contributed by atoms with Crippen LogP contribution in [0.4, 0.5) is 0 Å². The van der Waals surface area contributed by atoms with E-state index in [1.165, 1.54) is 0 Å². The Hall–Kier alpha value is -1.10. The molecule has 0 aromatic heterocycles. The molecule has 0 aromatic carbocycles. The second-order valence-corrected chi connectivity index (χ2v) is 5.91. The van der Waals surface area contributed by atoms with Crippen molar-refractivity contribution in [2.45, 2.75) is 53.0 Å². The van der Waals surface area contributed by atoms with Gasteiger partial charge in [-0.3, -0.25) is 9.59 Å². The van der Waals surface area contributed by atoms with E-state index < -0.39 is 5.97 Å². The van der Waals surface area contributed by atoms with Gasteiger partial charge in [-0.05, 0) is 17.8 Å². The second-order valence-electron chi connectivity index (χ2n) is 5.91. The van der Waals surface area contributed by atoms with Crippen molar-refractivity contribution < 1.29 is 19.8 Å². The standard InChI is InChI=1S/C13H25NO4/c1-9(8-12(17)18)7-11(16)14-10(5-6-15)13(2,3)4/h9-10,15H,5-8H2,1-4H3,(H,14,16)(H,17,18). The number of amides is 1. The molecule has 0 radical (unpaired) electrons. The third kappa shape index (κ3) is 7.27. The minimum Gasteiger partial charge on any atom is -0.481 e. The van der Waals surface area contributed by atoms with E-state index in [1.807, 2.05) is 20.8 Å². The summed E-state index contributed by atoms with van der Waals surface area (Å²) in [5, 5.41) is 20.5. The maximum atomic E-state index is 11.8. The Balaban J connectivity index is 4.30. The molecule has 0 saturated carbocycles. The number of carboxylic acid groups (broad SMARTS) is 1.